The van der Waals surface area contributed by atoms with E-state index in [1.807, 2.05) is 17.8 Å². The Morgan fingerprint density at radius 1 is 1.36 bits per heavy atom. The Morgan fingerprint density at radius 3 is 2.82 bits per heavy atom. The molecule has 1 aliphatic rings. The summed E-state index contributed by atoms with van der Waals surface area (Å²) >= 11 is 0. The number of nitrogens with zero attached hydrogens (tertiary/aromatic N) is 3. The number of nitrogens with one attached hydrogen (secondary N) is 1. The highest BCUT2D eigenvalue weighted by Gasteiger charge is 2.28. The van der Waals surface area contributed by atoms with Crippen molar-refractivity contribution >= 4 is 5.91 Å². The molecule has 1 N–H and O–H groups in total. The number of rotatable bonds is 4. The van der Waals surface area contributed by atoms with Crippen LogP contribution in [0.5, 0.6) is 0 Å². The first-order valence-corrected chi connectivity index (χ1v) is 7.83. The maximum atomic E-state index is 12.6. The molecule has 2 aromatic heterocycles. The highest BCUT2D eigenvalue weighted by molar-refractivity contribution is 5.94. The molecule has 118 valence electrons. The van der Waals surface area contributed by atoms with Crippen LogP contribution in [0.3, 0.4) is 0 Å². The molecular formula is C16H22N4O2. The van der Waals surface area contributed by atoms with Crippen LogP contribution in [0.15, 0.2) is 16.9 Å². The molecule has 0 aromatic carbocycles. The predicted octanol–water partition coefficient (Wildman–Crippen LogP) is 2.41. The lowest BCUT2D eigenvalue weighted by Gasteiger charge is -2.22. The zero-order chi connectivity index (χ0) is 15.7. The van der Waals surface area contributed by atoms with Gasteiger partial charge in [0.15, 0.2) is 5.69 Å². The standard InChI is InChI=1S/C16H22N4O2/c1-10(2)13(15-17-8-9-20(15)3)18-16(21)14-11-6-4-5-7-12(11)22-19-14/h8-10,13H,4-7H2,1-3H3,(H,18,21). The predicted molar refractivity (Wildman–Crippen MR) is 81.4 cm³/mol. The number of carbonyl (C=O) groups is 1. The molecular weight excluding hydrogens is 280 g/mol. The van der Waals surface area contributed by atoms with Gasteiger partial charge in [-0.05, 0) is 25.2 Å². The molecule has 0 radical (unpaired) electrons. The number of aryl methyl sites for hydroxylation is 2. The van der Waals surface area contributed by atoms with Crippen molar-refractivity contribution in [2.24, 2.45) is 13.0 Å². The van der Waals surface area contributed by atoms with Crippen LogP contribution in [0.1, 0.15) is 60.4 Å². The van der Waals surface area contributed by atoms with E-state index in [1.54, 1.807) is 6.20 Å². The number of hydrogen-bond acceptors (Lipinski definition) is 4. The van der Waals surface area contributed by atoms with Crippen LogP contribution in [0.25, 0.3) is 0 Å². The molecule has 1 atom stereocenters. The number of hydrogen-bond donors (Lipinski definition) is 1. The van der Waals surface area contributed by atoms with E-state index in [0.29, 0.717) is 5.69 Å². The largest absolute Gasteiger partial charge is 0.360 e. The summed E-state index contributed by atoms with van der Waals surface area (Å²) in [7, 11) is 1.93. The van der Waals surface area contributed by atoms with E-state index < -0.39 is 0 Å². The Balaban J connectivity index is 1.83. The fourth-order valence-electron chi connectivity index (χ4n) is 2.98. The van der Waals surface area contributed by atoms with Gasteiger partial charge < -0.3 is 14.4 Å². The summed E-state index contributed by atoms with van der Waals surface area (Å²) in [5.41, 5.74) is 1.42. The minimum Gasteiger partial charge on any atom is -0.360 e. The lowest BCUT2D eigenvalue weighted by atomic mass is 9.96. The van der Waals surface area contributed by atoms with E-state index in [9.17, 15) is 4.79 Å². The van der Waals surface area contributed by atoms with E-state index >= 15 is 0 Å². The summed E-state index contributed by atoms with van der Waals surface area (Å²) in [6.07, 6.45) is 7.56. The Hall–Kier alpha value is -2.11. The highest BCUT2D eigenvalue weighted by Crippen LogP contribution is 2.25. The molecule has 0 bridgehead atoms. The minimum absolute atomic E-state index is 0.150. The van der Waals surface area contributed by atoms with E-state index in [1.165, 1.54) is 0 Å². The van der Waals surface area contributed by atoms with Crippen molar-refractivity contribution in [1.29, 1.82) is 0 Å². The van der Waals surface area contributed by atoms with Gasteiger partial charge in [0.2, 0.25) is 0 Å². The van der Waals surface area contributed by atoms with Gasteiger partial charge in [0, 0.05) is 31.4 Å². The quantitative estimate of drug-likeness (QED) is 0.941. The molecule has 1 unspecified atom stereocenters. The van der Waals surface area contributed by atoms with Crippen LogP contribution in [0.4, 0.5) is 0 Å². The average molecular weight is 302 g/mol. The van der Waals surface area contributed by atoms with Gasteiger partial charge in [-0.15, -0.1) is 0 Å². The molecule has 0 saturated heterocycles. The molecule has 6 nitrogen and oxygen atoms in total. The van der Waals surface area contributed by atoms with Gasteiger partial charge >= 0.3 is 0 Å². The molecule has 1 aliphatic carbocycles. The molecule has 0 spiro atoms. The number of carbonyl (C=O) groups excluding carboxylic acids is 1. The molecule has 0 fully saturated rings. The van der Waals surface area contributed by atoms with Crippen LogP contribution in [0, 0.1) is 5.92 Å². The molecule has 0 saturated carbocycles. The third kappa shape index (κ3) is 2.65. The average Bonchev–Trinajstić information content (AvgIpc) is 3.10. The van der Waals surface area contributed by atoms with Crippen molar-refractivity contribution in [3.63, 3.8) is 0 Å². The van der Waals surface area contributed by atoms with Gasteiger partial charge in [0.1, 0.15) is 11.6 Å². The third-order valence-corrected chi connectivity index (χ3v) is 4.26. The summed E-state index contributed by atoms with van der Waals surface area (Å²) in [6, 6.07) is -0.150. The fourth-order valence-corrected chi connectivity index (χ4v) is 2.98. The van der Waals surface area contributed by atoms with Crippen molar-refractivity contribution in [3.8, 4) is 0 Å². The van der Waals surface area contributed by atoms with E-state index in [0.717, 1.165) is 42.8 Å². The molecule has 2 heterocycles. The van der Waals surface area contributed by atoms with E-state index in [-0.39, 0.29) is 17.9 Å². The van der Waals surface area contributed by atoms with Crippen molar-refractivity contribution < 1.29 is 9.32 Å². The summed E-state index contributed by atoms with van der Waals surface area (Å²) in [4.78, 5) is 17.0. The van der Waals surface area contributed by atoms with Crippen molar-refractivity contribution in [3.05, 3.63) is 35.2 Å². The summed E-state index contributed by atoms with van der Waals surface area (Å²) < 4.78 is 7.27. The first-order valence-electron chi connectivity index (χ1n) is 7.83. The van der Waals surface area contributed by atoms with Gasteiger partial charge in [-0.2, -0.15) is 0 Å². The monoisotopic (exact) mass is 302 g/mol. The highest BCUT2D eigenvalue weighted by atomic mass is 16.5. The van der Waals surface area contributed by atoms with Crippen LogP contribution >= 0.6 is 0 Å². The van der Waals surface area contributed by atoms with Gasteiger partial charge in [0.25, 0.3) is 5.91 Å². The maximum absolute atomic E-state index is 12.6. The number of aromatic nitrogens is 3. The molecule has 6 heteroatoms. The lowest BCUT2D eigenvalue weighted by molar-refractivity contribution is 0.0912. The smallest absolute Gasteiger partial charge is 0.274 e. The third-order valence-electron chi connectivity index (χ3n) is 4.26. The second-order valence-electron chi connectivity index (χ2n) is 6.23. The summed E-state index contributed by atoms with van der Waals surface area (Å²) in [5.74, 6) is 1.77. The second kappa shape index (κ2) is 5.94. The van der Waals surface area contributed by atoms with Crippen molar-refractivity contribution in [2.45, 2.75) is 45.6 Å². The SMILES string of the molecule is CC(C)C(NC(=O)c1noc2c1CCCC2)c1nccn1C. The van der Waals surface area contributed by atoms with Crippen molar-refractivity contribution in [1.82, 2.24) is 20.0 Å². The van der Waals surface area contributed by atoms with Gasteiger partial charge in [0.05, 0.1) is 6.04 Å². The van der Waals surface area contributed by atoms with Crippen LogP contribution in [-0.4, -0.2) is 20.6 Å². The Bertz CT molecular complexity index is 671. The zero-order valence-electron chi connectivity index (χ0n) is 13.3. The topological polar surface area (TPSA) is 73.0 Å². The van der Waals surface area contributed by atoms with E-state index in [2.05, 4.69) is 29.3 Å². The Morgan fingerprint density at radius 2 is 2.14 bits per heavy atom. The number of fused-ring (bicyclic) bond motifs is 1. The molecule has 22 heavy (non-hydrogen) atoms. The molecule has 3 rings (SSSR count). The van der Waals surface area contributed by atoms with Crippen LogP contribution in [-0.2, 0) is 19.9 Å². The summed E-state index contributed by atoms with van der Waals surface area (Å²) in [6.45, 7) is 4.13. The summed E-state index contributed by atoms with van der Waals surface area (Å²) in [5, 5.41) is 7.07. The van der Waals surface area contributed by atoms with Gasteiger partial charge in [-0.1, -0.05) is 19.0 Å². The molecule has 0 aliphatic heterocycles. The van der Waals surface area contributed by atoms with Crippen LogP contribution in [0.2, 0.25) is 0 Å². The first kappa shape index (κ1) is 14.8. The fraction of sp³-hybridized carbons (Fsp3) is 0.562. The lowest BCUT2D eigenvalue weighted by Crippen LogP contribution is -2.34. The zero-order valence-corrected chi connectivity index (χ0v) is 13.3. The minimum atomic E-state index is -0.173. The van der Waals surface area contributed by atoms with Gasteiger partial charge in [-0.25, -0.2) is 4.98 Å². The first-order chi connectivity index (χ1) is 10.6. The normalized spacial score (nSPS) is 15.6. The second-order valence-corrected chi connectivity index (χ2v) is 6.23. The van der Waals surface area contributed by atoms with Crippen molar-refractivity contribution in [2.75, 3.05) is 0 Å². The number of amides is 1. The maximum Gasteiger partial charge on any atom is 0.274 e. The molecule has 2 aromatic rings. The Labute approximate surface area is 129 Å². The van der Waals surface area contributed by atoms with Gasteiger partial charge in [-0.3, -0.25) is 4.79 Å². The van der Waals surface area contributed by atoms with Crippen LogP contribution < -0.4 is 5.32 Å². The Kier molecular flexibility index (Phi) is 4.00. The number of imidazole rings is 1. The molecule has 1 amide bonds. The van der Waals surface area contributed by atoms with E-state index in [4.69, 9.17) is 4.52 Å².